The molecule has 0 bridgehead atoms. The predicted octanol–water partition coefficient (Wildman–Crippen LogP) is 6.72. The smallest absolute Gasteiger partial charge is 0.261 e. The molecule has 48 heavy (non-hydrogen) atoms. The number of amides is 1. The highest BCUT2D eigenvalue weighted by atomic mass is 35.7. The Morgan fingerprint density at radius 3 is 2.19 bits per heavy atom. The van der Waals surface area contributed by atoms with Crippen molar-refractivity contribution in [3.63, 3.8) is 0 Å². The van der Waals surface area contributed by atoms with Crippen molar-refractivity contribution in [3.05, 3.63) is 96.2 Å². The van der Waals surface area contributed by atoms with Crippen LogP contribution in [-0.4, -0.2) is 44.8 Å². The van der Waals surface area contributed by atoms with Crippen molar-refractivity contribution in [2.75, 3.05) is 10.2 Å². The van der Waals surface area contributed by atoms with Crippen molar-refractivity contribution < 1.29 is 17.6 Å². The first-order valence-electron chi connectivity index (χ1n) is 16.7. The number of fused-ring (bicyclic) bond motifs is 2. The fourth-order valence-electron chi connectivity index (χ4n) is 7.79. The molecule has 0 radical (unpaired) electrons. The SMILES string of the molecule is Cc1cc(S(=O)(=O)Cl)ccc1Nc1ncc2c(n1)N([C@@H]1CCC[C@@H](O[Si](c3ccccc3)(c3ccccc3)C(C)(C)C)C1)C(=O)C21CC1. The largest absolute Gasteiger partial charge is 0.404 e. The van der Waals surface area contributed by atoms with Gasteiger partial charge in [-0.2, -0.15) is 4.98 Å². The van der Waals surface area contributed by atoms with E-state index in [-0.39, 0.29) is 28.0 Å². The number of carbonyl (C=O) groups excluding carboxylic acids is 1. The Bertz CT molecular complexity index is 1930. The highest BCUT2D eigenvalue weighted by molar-refractivity contribution is 8.13. The topological polar surface area (TPSA) is 101 Å². The number of hydrogen-bond donors (Lipinski definition) is 1. The van der Waals surface area contributed by atoms with E-state index in [1.807, 2.05) is 4.90 Å². The highest BCUT2D eigenvalue weighted by Crippen LogP contribution is 2.58. The van der Waals surface area contributed by atoms with Gasteiger partial charge in [-0.3, -0.25) is 9.69 Å². The summed E-state index contributed by atoms with van der Waals surface area (Å²) in [6, 6.07) is 26.0. The molecule has 1 aromatic heterocycles. The lowest BCUT2D eigenvalue weighted by Gasteiger charge is -2.47. The van der Waals surface area contributed by atoms with Crippen LogP contribution in [0.5, 0.6) is 0 Å². The normalized spacial score (nSPS) is 20.5. The molecule has 1 N–H and O–H groups in total. The van der Waals surface area contributed by atoms with Crippen molar-refractivity contribution in [3.8, 4) is 0 Å². The number of hydrogen-bond acceptors (Lipinski definition) is 7. The van der Waals surface area contributed by atoms with Gasteiger partial charge < -0.3 is 9.74 Å². The van der Waals surface area contributed by atoms with E-state index in [0.29, 0.717) is 23.0 Å². The molecule has 4 aromatic rings. The molecule has 0 saturated heterocycles. The maximum Gasteiger partial charge on any atom is 0.261 e. The Hall–Kier alpha value is -3.57. The van der Waals surface area contributed by atoms with Crippen molar-refractivity contribution in [1.29, 1.82) is 0 Å². The van der Waals surface area contributed by atoms with Gasteiger partial charge in [0.25, 0.3) is 17.4 Å². The first-order valence-corrected chi connectivity index (χ1v) is 20.9. The zero-order valence-corrected chi connectivity index (χ0v) is 30.3. The molecule has 2 fully saturated rings. The fraction of sp³-hybridized carbons (Fsp3) is 0.378. The van der Waals surface area contributed by atoms with E-state index in [1.54, 1.807) is 19.2 Å². The Kier molecular flexibility index (Phi) is 8.30. The number of benzene rings is 3. The van der Waals surface area contributed by atoms with Gasteiger partial charge in [-0.15, -0.1) is 0 Å². The first-order chi connectivity index (χ1) is 22.8. The van der Waals surface area contributed by atoms with Crippen LogP contribution in [0.2, 0.25) is 5.04 Å². The lowest BCUT2D eigenvalue weighted by Crippen LogP contribution is -2.68. The summed E-state index contributed by atoms with van der Waals surface area (Å²) in [7, 11) is -1.06. The molecule has 2 saturated carbocycles. The second kappa shape index (κ2) is 12.1. The number of nitrogens with zero attached hydrogens (tertiary/aromatic N) is 3. The summed E-state index contributed by atoms with van der Waals surface area (Å²) >= 11 is 0. The van der Waals surface area contributed by atoms with Crippen LogP contribution >= 0.6 is 10.7 Å². The van der Waals surface area contributed by atoms with E-state index in [2.05, 4.69) is 91.7 Å². The van der Waals surface area contributed by atoms with Gasteiger partial charge in [0, 0.05) is 40.3 Å². The molecule has 0 unspecified atom stereocenters. The lowest BCUT2D eigenvalue weighted by atomic mass is 9.92. The molecule has 1 spiro atoms. The van der Waals surface area contributed by atoms with Gasteiger partial charge in [-0.05, 0) is 84.6 Å². The molecule has 250 valence electrons. The summed E-state index contributed by atoms with van der Waals surface area (Å²) in [6.07, 6.45) is 6.85. The fourth-order valence-corrected chi connectivity index (χ4v) is 13.4. The maximum absolute atomic E-state index is 14.2. The van der Waals surface area contributed by atoms with Gasteiger partial charge >= 0.3 is 0 Å². The maximum atomic E-state index is 14.2. The number of rotatable bonds is 8. The van der Waals surface area contributed by atoms with E-state index in [0.717, 1.165) is 44.1 Å². The van der Waals surface area contributed by atoms with Gasteiger partial charge in [-0.1, -0.05) is 81.4 Å². The highest BCUT2D eigenvalue weighted by Gasteiger charge is 2.62. The number of aryl methyl sites for hydroxylation is 1. The monoisotopic (exact) mass is 700 g/mol. The Morgan fingerprint density at radius 1 is 0.979 bits per heavy atom. The van der Waals surface area contributed by atoms with E-state index >= 15 is 0 Å². The number of anilines is 3. The van der Waals surface area contributed by atoms with Crippen LogP contribution in [0, 0.1) is 6.92 Å². The van der Waals surface area contributed by atoms with Crippen LogP contribution in [0.1, 0.15) is 70.4 Å². The van der Waals surface area contributed by atoms with Gasteiger partial charge in [0.2, 0.25) is 11.9 Å². The minimum absolute atomic E-state index is 0.0270. The van der Waals surface area contributed by atoms with Crippen LogP contribution < -0.4 is 20.6 Å². The Morgan fingerprint density at radius 2 is 1.62 bits per heavy atom. The quantitative estimate of drug-likeness (QED) is 0.161. The average molecular weight is 701 g/mol. The third-order valence-electron chi connectivity index (χ3n) is 10.3. The van der Waals surface area contributed by atoms with E-state index in [1.165, 1.54) is 22.5 Å². The number of halogens is 1. The molecule has 7 rings (SSSR count). The molecule has 8 nitrogen and oxygen atoms in total. The standard InChI is InChI=1S/C37H41ClN4O4SSi/c1-25-22-28(47(38,44)45)18-19-32(25)40-35-39-24-31-33(41-35)42(34(43)37(31)20-21-37)26-12-11-13-27(23-26)46-48(36(2,3)4,29-14-7-5-8-15-29)30-16-9-6-10-17-30/h5-10,14-19,22,24,26-27H,11-13,20-21,23H2,1-4H3,(H,39,40,41)/t26-,27-/m1/s1. The van der Waals surface area contributed by atoms with Crippen LogP contribution in [0.4, 0.5) is 17.5 Å². The van der Waals surface area contributed by atoms with Crippen LogP contribution in [0.3, 0.4) is 0 Å². The van der Waals surface area contributed by atoms with Gasteiger partial charge in [0.05, 0.1) is 10.3 Å². The Labute approximate surface area is 288 Å². The van der Waals surface area contributed by atoms with Crippen LogP contribution in [-0.2, 0) is 23.7 Å². The summed E-state index contributed by atoms with van der Waals surface area (Å²) < 4.78 is 31.2. The summed E-state index contributed by atoms with van der Waals surface area (Å²) in [4.78, 5) is 25.8. The first kappa shape index (κ1) is 32.9. The summed E-state index contributed by atoms with van der Waals surface area (Å²) in [5, 5.41) is 5.60. The van der Waals surface area contributed by atoms with E-state index in [9.17, 15) is 13.2 Å². The third kappa shape index (κ3) is 5.66. The summed E-state index contributed by atoms with van der Waals surface area (Å²) in [5.41, 5.74) is 1.70. The molecular formula is C37H41ClN4O4SSi. The number of carbonyl (C=O) groups is 1. The van der Waals surface area contributed by atoms with Gasteiger partial charge in [0.15, 0.2) is 0 Å². The molecule has 1 amide bonds. The number of nitrogens with one attached hydrogen (secondary N) is 1. The summed E-state index contributed by atoms with van der Waals surface area (Å²) in [5.74, 6) is 1.14. The van der Waals surface area contributed by atoms with E-state index < -0.39 is 22.8 Å². The molecule has 11 heteroatoms. The summed E-state index contributed by atoms with van der Waals surface area (Å²) in [6.45, 7) is 8.69. The van der Waals surface area contributed by atoms with Crippen molar-refractivity contribution >= 4 is 61.8 Å². The molecule has 3 aliphatic rings. The molecule has 3 aromatic carbocycles. The van der Waals surface area contributed by atoms with Crippen molar-refractivity contribution in [2.45, 2.75) is 93.7 Å². The van der Waals surface area contributed by atoms with Crippen molar-refractivity contribution in [1.82, 2.24) is 9.97 Å². The third-order valence-corrected chi connectivity index (χ3v) is 16.8. The minimum Gasteiger partial charge on any atom is -0.404 e. The zero-order chi connectivity index (χ0) is 33.9. The lowest BCUT2D eigenvalue weighted by molar-refractivity contribution is -0.121. The predicted molar refractivity (Wildman–Crippen MR) is 193 cm³/mol. The van der Waals surface area contributed by atoms with E-state index in [4.69, 9.17) is 20.1 Å². The molecule has 2 atom stereocenters. The molecule has 2 aliphatic carbocycles. The average Bonchev–Trinajstić information content (AvgIpc) is 3.83. The second-order valence-electron chi connectivity index (χ2n) is 14.5. The molecular weight excluding hydrogens is 660 g/mol. The second-order valence-corrected chi connectivity index (χ2v) is 21.3. The van der Waals surface area contributed by atoms with Crippen LogP contribution in [0.25, 0.3) is 0 Å². The zero-order valence-electron chi connectivity index (χ0n) is 27.7. The minimum atomic E-state index is -3.85. The Balaban J connectivity index is 1.21. The van der Waals surface area contributed by atoms with Crippen molar-refractivity contribution in [2.24, 2.45) is 0 Å². The number of aromatic nitrogens is 2. The van der Waals surface area contributed by atoms with Gasteiger partial charge in [-0.25, -0.2) is 13.4 Å². The molecule has 1 aliphatic heterocycles. The van der Waals surface area contributed by atoms with Gasteiger partial charge in [0.1, 0.15) is 5.82 Å². The van der Waals surface area contributed by atoms with Crippen LogP contribution in [0.15, 0.2) is 90.0 Å². The molecule has 2 heterocycles.